The predicted molar refractivity (Wildman–Crippen MR) is 75.6 cm³/mol. The Labute approximate surface area is 120 Å². The zero-order valence-electron chi connectivity index (χ0n) is 11.0. The van der Waals surface area contributed by atoms with Gasteiger partial charge in [0, 0.05) is 6.42 Å². The zero-order valence-corrected chi connectivity index (χ0v) is 11.8. The van der Waals surface area contributed by atoms with Crippen LogP contribution in [0.5, 0.6) is 0 Å². The maximum atomic E-state index is 13.1. The third kappa shape index (κ3) is 3.87. The number of hydrogen-bond donors (Lipinski definition) is 1. The van der Waals surface area contributed by atoms with Gasteiger partial charge in [-0.15, -0.1) is 0 Å². The molecule has 1 amide bonds. The number of carbonyl (C=O) groups excluding carboxylic acids is 1. The minimum Gasteiger partial charge on any atom is -0.350 e. The molecule has 1 atom stereocenters. The van der Waals surface area contributed by atoms with Crippen molar-refractivity contribution in [3.63, 3.8) is 0 Å². The average Bonchev–Trinajstić information content (AvgIpc) is 2.92. The van der Waals surface area contributed by atoms with Crippen molar-refractivity contribution in [3.05, 3.63) is 57.8 Å². The van der Waals surface area contributed by atoms with Gasteiger partial charge >= 0.3 is 0 Å². The van der Waals surface area contributed by atoms with Gasteiger partial charge in [0.1, 0.15) is 0 Å². The van der Waals surface area contributed by atoms with Crippen molar-refractivity contribution in [2.45, 2.75) is 25.8 Å². The van der Waals surface area contributed by atoms with Gasteiger partial charge in [0.05, 0.1) is 6.04 Å². The van der Waals surface area contributed by atoms with Gasteiger partial charge in [-0.25, -0.2) is 8.78 Å². The summed E-state index contributed by atoms with van der Waals surface area (Å²) in [6.07, 6.45) is 1.06. The highest BCUT2D eigenvalue weighted by molar-refractivity contribution is 7.07. The van der Waals surface area contributed by atoms with E-state index in [-0.39, 0.29) is 11.9 Å². The summed E-state index contributed by atoms with van der Waals surface area (Å²) in [6.45, 7) is 1.75. The Morgan fingerprint density at radius 2 is 2.10 bits per heavy atom. The molecule has 2 rings (SSSR count). The molecular formula is C15H15F2NOS. The Kier molecular flexibility index (Phi) is 4.84. The van der Waals surface area contributed by atoms with Crippen molar-refractivity contribution >= 4 is 17.2 Å². The van der Waals surface area contributed by atoms with E-state index >= 15 is 0 Å². The van der Waals surface area contributed by atoms with Crippen LogP contribution in [0.2, 0.25) is 0 Å². The second-order valence-electron chi connectivity index (χ2n) is 4.59. The summed E-state index contributed by atoms with van der Waals surface area (Å²) in [5, 5.41) is 6.76. The van der Waals surface area contributed by atoms with Gasteiger partial charge in [0.2, 0.25) is 5.91 Å². The molecule has 0 fully saturated rings. The van der Waals surface area contributed by atoms with Gasteiger partial charge in [0.15, 0.2) is 11.6 Å². The van der Waals surface area contributed by atoms with E-state index in [4.69, 9.17) is 0 Å². The predicted octanol–water partition coefficient (Wildman–Crippen LogP) is 3.84. The fourth-order valence-electron chi connectivity index (χ4n) is 1.87. The van der Waals surface area contributed by atoms with Gasteiger partial charge in [-0.2, -0.15) is 11.3 Å². The first-order valence-corrected chi connectivity index (χ1v) is 7.26. The quantitative estimate of drug-likeness (QED) is 0.892. The maximum Gasteiger partial charge on any atom is 0.220 e. The Bertz CT molecular complexity index is 584. The lowest BCUT2D eigenvalue weighted by Gasteiger charge is -2.14. The summed E-state index contributed by atoms with van der Waals surface area (Å²) in [5.41, 5.74) is 1.68. The average molecular weight is 295 g/mol. The molecule has 0 aliphatic rings. The molecule has 1 N–H and O–H groups in total. The van der Waals surface area contributed by atoms with Gasteiger partial charge in [-0.1, -0.05) is 6.07 Å². The summed E-state index contributed by atoms with van der Waals surface area (Å²) < 4.78 is 26.0. The molecule has 5 heteroatoms. The molecule has 0 saturated carbocycles. The second-order valence-corrected chi connectivity index (χ2v) is 5.37. The van der Waals surface area contributed by atoms with Crippen molar-refractivity contribution in [1.29, 1.82) is 0 Å². The van der Waals surface area contributed by atoms with Gasteiger partial charge in [0.25, 0.3) is 0 Å². The normalized spacial score (nSPS) is 12.2. The number of rotatable bonds is 5. The van der Waals surface area contributed by atoms with E-state index in [2.05, 4.69) is 5.32 Å². The lowest BCUT2D eigenvalue weighted by Crippen LogP contribution is -2.26. The number of carbonyl (C=O) groups is 1. The van der Waals surface area contributed by atoms with E-state index in [9.17, 15) is 13.6 Å². The molecule has 1 heterocycles. The lowest BCUT2D eigenvalue weighted by molar-refractivity contribution is -0.121. The van der Waals surface area contributed by atoms with Crippen LogP contribution in [0, 0.1) is 11.6 Å². The molecule has 1 aromatic heterocycles. The first kappa shape index (κ1) is 14.7. The van der Waals surface area contributed by atoms with Crippen LogP contribution in [0.1, 0.15) is 30.5 Å². The van der Waals surface area contributed by atoms with Gasteiger partial charge < -0.3 is 5.32 Å². The third-order valence-electron chi connectivity index (χ3n) is 3.04. The van der Waals surface area contributed by atoms with Crippen LogP contribution < -0.4 is 5.32 Å². The maximum absolute atomic E-state index is 13.1. The summed E-state index contributed by atoms with van der Waals surface area (Å²) in [5.74, 6) is -1.89. The van der Waals surface area contributed by atoms with Crippen LogP contribution in [0.15, 0.2) is 35.0 Å². The second kappa shape index (κ2) is 6.61. The van der Waals surface area contributed by atoms with Gasteiger partial charge in [-0.3, -0.25) is 4.79 Å². The molecule has 1 aromatic carbocycles. The monoisotopic (exact) mass is 295 g/mol. The fourth-order valence-corrected chi connectivity index (χ4v) is 2.57. The number of thiophene rings is 1. The van der Waals surface area contributed by atoms with Crippen LogP contribution in [0.25, 0.3) is 0 Å². The Morgan fingerprint density at radius 3 is 2.75 bits per heavy atom. The van der Waals surface area contributed by atoms with Crippen LogP contribution >= 0.6 is 11.3 Å². The van der Waals surface area contributed by atoms with Crippen molar-refractivity contribution in [1.82, 2.24) is 5.32 Å². The standard InChI is InChI=1S/C15H15F2NOS/c1-10(12-3-4-13(16)14(17)8-12)18-15(19)5-2-11-6-7-20-9-11/h3-4,6-10H,2,5H2,1H3,(H,18,19). The number of hydrogen-bond acceptors (Lipinski definition) is 2. The molecular weight excluding hydrogens is 280 g/mol. The zero-order chi connectivity index (χ0) is 14.5. The molecule has 106 valence electrons. The minimum atomic E-state index is -0.901. The fraction of sp³-hybridized carbons (Fsp3) is 0.267. The molecule has 1 unspecified atom stereocenters. The van der Waals surface area contributed by atoms with E-state index in [1.165, 1.54) is 6.07 Å². The molecule has 20 heavy (non-hydrogen) atoms. The highest BCUT2D eigenvalue weighted by Crippen LogP contribution is 2.16. The summed E-state index contributed by atoms with van der Waals surface area (Å²) in [7, 11) is 0. The molecule has 0 spiro atoms. The molecule has 0 bridgehead atoms. The van der Waals surface area contributed by atoms with Crippen LogP contribution in [-0.2, 0) is 11.2 Å². The number of benzene rings is 1. The largest absolute Gasteiger partial charge is 0.350 e. The Morgan fingerprint density at radius 1 is 1.30 bits per heavy atom. The lowest BCUT2D eigenvalue weighted by atomic mass is 10.1. The number of aryl methyl sites for hydroxylation is 1. The number of nitrogens with one attached hydrogen (secondary N) is 1. The smallest absolute Gasteiger partial charge is 0.220 e. The Balaban J connectivity index is 1.88. The van der Waals surface area contributed by atoms with E-state index in [0.717, 1.165) is 17.7 Å². The Hall–Kier alpha value is -1.75. The molecule has 0 aliphatic carbocycles. The van der Waals surface area contributed by atoms with Crippen LogP contribution in [-0.4, -0.2) is 5.91 Å². The SMILES string of the molecule is CC(NC(=O)CCc1ccsc1)c1ccc(F)c(F)c1. The molecule has 0 aliphatic heterocycles. The molecule has 2 aromatic rings. The summed E-state index contributed by atoms with van der Waals surface area (Å²) in [6, 6.07) is 5.29. The first-order valence-electron chi connectivity index (χ1n) is 6.31. The summed E-state index contributed by atoms with van der Waals surface area (Å²) >= 11 is 1.60. The van der Waals surface area contributed by atoms with Crippen molar-refractivity contribution < 1.29 is 13.6 Å². The number of amides is 1. The van der Waals surface area contributed by atoms with E-state index in [0.29, 0.717) is 18.4 Å². The first-order chi connectivity index (χ1) is 9.56. The third-order valence-corrected chi connectivity index (χ3v) is 3.77. The molecule has 0 radical (unpaired) electrons. The van der Waals surface area contributed by atoms with E-state index in [1.807, 2.05) is 16.8 Å². The van der Waals surface area contributed by atoms with Crippen LogP contribution in [0.4, 0.5) is 8.78 Å². The summed E-state index contributed by atoms with van der Waals surface area (Å²) in [4.78, 5) is 11.8. The topological polar surface area (TPSA) is 29.1 Å². The van der Waals surface area contributed by atoms with Crippen LogP contribution in [0.3, 0.4) is 0 Å². The van der Waals surface area contributed by atoms with Crippen molar-refractivity contribution in [3.8, 4) is 0 Å². The number of halogens is 2. The molecule has 2 nitrogen and oxygen atoms in total. The highest BCUT2D eigenvalue weighted by atomic mass is 32.1. The molecule has 0 saturated heterocycles. The minimum absolute atomic E-state index is 0.103. The van der Waals surface area contributed by atoms with E-state index in [1.54, 1.807) is 18.3 Å². The van der Waals surface area contributed by atoms with Crippen molar-refractivity contribution in [2.24, 2.45) is 0 Å². The van der Waals surface area contributed by atoms with E-state index < -0.39 is 11.6 Å². The van der Waals surface area contributed by atoms with Gasteiger partial charge in [-0.05, 0) is 53.4 Å². The van der Waals surface area contributed by atoms with Crippen molar-refractivity contribution in [2.75, 3.05) is 0 Å². The highest BCUT2D eigenvalue weighted by Gasteiger charge is 2.12.